The van der Waals surface area contributed by atoms with E-state index in [9.17, 15) is 4.39 Å². The third-order valence-electron chi connectivity index (χ3n) is 3.73. The number of hydrogen-bond donors (Lipinski definition) is 1. The summed E-state index contributed by atoms with van der Waals surface area (Å²) in [5.41, 5.74) is 3.11. The standard InChI is InChI=1S/C18H15FN6O/c1-12-8-15(24-26-12)10-21-18-20-7-6-17(23-18)13-9-22-25(11-13)16-4-2-14(19)3-5-16/h2-9,11H,10H2,1H3,(H,20,21,23). The SMILES string of the molecule is Cc1cc(CNc2nccc(-c3cnn(-c4ccc(F)cc4)c3)n2)no1. The molecular weight excluding hydrogens is 335 g/mol. The normalized spacial score (nSPS) is 10.8. The molecule has 1 aromatic carbocycles. The van der Waals surface area contributed by atoms with Gasteiger partial charge < -0.3 is 9.84 Å². The van der Waals surface area contributed by atoms with Crippen LogP contribution in [0.2, 0.25) is 0 Å². The molecule has 0 aliphatic carbocycles. The highest BCUT2D eigenvalue weighted by Crippen LogP contribution is 2.19. The molecule has 0 unspecified atom stereocenters. The monoisotopic (exact) mass is 350 g/mol. The second-order valence-electron chi connectivity index (χ2n) is 5.70. The number of aryl methyl sites for hydroxylation is 1. The fourth-order valence-electron chi connectivity index (χ4n) is 2.47. The Morgan fingerprint density at radius 2 is 2.04 bits per heavy atom. The van der Waals surface area contributed by atoms with Crippen molar-refractivity contribution in [3.63, 3.8) is 0 Å². The topological polar surface area (TPSA) is 81.7 Å². The van der Waals surface area contributed by atoms with Gasteiger partial charge in [0.15, 0.2) is 0 Å². The molecule has 4 rings (SSSR count). The number of anilines is 1. The second kappa shape index (κ2) is 6.75. The van der Waals surface area contributed by atoms with Gasteiger partial charge in [0.1, 0.15) is 17.3 Å². The van der Waals surface area contributed by atoms with Crippen molar-refractivity contribution >= 4 is 5.95 Å². The highest BCUT2D eigenvalue weighted by atomic mass is 19.1. The summed E-state index contributed by atoms with van der Waals surface area (Å²) in [5.74, 6) is 0.956. The van der Waals surface area contributed by atoms with Crippen molar-refractivity contribution in [3.05, 3.63) is 72.3 Å². The van der Waals surface area contributed by atoms with Crippen LogP contribution in [0.15, 0.2) is 59.5 Å². The van der Waals surface area contributed by atoms with Gasteiger partial charge in [-0.15, -0.1) is 0 Å². The van der Waals surface area contributed by atoms with Crippen LogP contribution in [0.3, 0.4) is 0 Å². The Kier molecular flexibility index (Phi) is 4.14. The Morgan fingerprint density at radius 1 is 1.19 bits per heavy atom. The smallest absolute Gasteiger partial charge is 0.223 e. The zero-order chi connectivity index (χ0) is 17.9. The number of benzene rings is 1. The molecular formula is C18H15FN6O. The molecule has 130 valence electrons. The third kappa shape index (κ3) is 3.44. The molecule has 1 N–H and O–H groups in total. The number of halogens is 1. The Balaban J connectivity index is 1.52. The maximum Gasteiger partial charge on any atom is 0.223 e. The van der Waals surface area contributed by atoms with Crippen LogP contribution in [0.25, 0.3) is 16.9 Å². The van der Waals surface area contributed by atoms with Gasteiger partial charge in [-0.3, -0.25) is 0 Å². The average Bonchev–Trinajstić information content (AvgIpc) is 3.30. The first-order chi connectivity index (χ1) is 12.7. The van der Waals surface area contributed by atoms with Crippen LogP contribution >= 0.6 is 0 Å². The number of nitrogens with zero attached hydrogens (tertiary/aromatic N) is 5. The zero-order valence-corrected chi connectivity index (χ0v) is 13.9. The van der Waals surface area contributed by atoms with E-state index in [0.29, 0.717) is 12.5 Å². The van der Waals surface area contributed by atoms with Crippen LogP contribution in [-0.2, 0) is 6.54 Å². The Labute approximate surface area is 148 Å². The highest BCUT2D eigenvalue weighted by molar-refractivity contribution is 5.58. The maximum absolute atomic E-state index is 13.0. The van der Waals surface area contributed by atoms with Gasteiger partial charge in [-0.2, -0.15) is 5.10 Å². The number of nitrogens with one attached hydrogen (secondary N) is 1. The molecule has 0 aliphatic heterocycles. The van der Waals surface area contributed by atoms with E-state index in [0.717, 1.165) is 28.4 Å². The zero-order valence-electron chi connectivity index (χ0n) is 13.9. The summed E-state index contributed by atoms with van der Waals surface area (Å²) in [6.07, 6.45) is 5.21. The van der Waals surface area contributed by atoms with E-state index in [-0.39, 0.29) is 5.82 Å². The lowest BCUT2D eigenvalue weighted by Crippen LogP contribution is -2.04. The van der Waals surface area contributed by atoms with E-state index < -0.39 is 0 Å². The number of aromatic nitrogens is 5. The molecule has 0 saturated carbocycles. The summed E-state index contributed by atoms with van der Waals surface area (Å²) < 4.78 is 19.8. The molecule has 7 nitrogen and oxygen atoms in total. The molecule has 0 bridgehead atoms. The van der Waals surface area contributed by atoms with Gasteiger partial charge in [-0.25, -0.2) is 19.0 Å². The lowest BCUT2D eigenvalue weighted by molar-refractivity contribution is 0.391. The first-order valence-electron chi connectivity index (χ1n) is 7.97. The number of rotatable bonds is 5. The Hall–Kier alpha value is -3.55. The fourth-order valence-corrected chi connectivity index (χ4v) is 2.47. The lowest BCUT2D eigenvalue weighted by atomic mass is 10.2. The quantitative estimate of drug-likeness (QED) is 0.594. The lowest BCUT2D eigenvalue weighted by Gasteiger charge is -2.03. The molecule has 0 atom stereocenters. The van der Waals surface area contributed by atoms with Gasteiger partial charge in [0.2, 0.25) is 5.95 Å². The largest absolute Gasteiger partial charge is 0.361 e. The molecule has 0 fully saturated rings. The molecule has 0 amide bonds. The number of hydrogen-bond acceptors (Lipinski definition) is 6. The van der Waals surface area contributed by atoms with Gasteiger partial charge in [0.25, 0.3) is 0 Å². The van der Waals surface area contributed by atoms with E-state index in [1.807, 2.05) is 19.2 Å². The van der Waals surface area contributed by atoms with E-state index >= 15 is 0 Å². The second-order valence-corrected chi connectivity index (χ2v) is 5.70. The molecule has 3 heterocycles. The molecule has 0 spiro atoms. The van der Waals surface area contributed by atoms with Crippen molar-refractivity contribution in [2.75, 3.05) is 5.32 Å². The van der Waals surface area contributed by atoms with Crippen molar-refractivity contribution < 1.29 is 8.91 Å². The van der Waals surface area contributed by atoms with Crippen LogP contribution in [0.1, 0.15) is 11.5 Å². The van der Waals surface area contributed by atoms with Crippen molar-refractivity contribution in [2.45, 2.75) is 13.5 Å². The first kappa shape index (κ1) is 15.9. The van der Waals surface area contributed by atoms with Gasteiger partial charge >= 0.3 is 0 Å². The van der Waals surface area contributed by atoms with Crippen LogP contribution in [0.5, 0.6) is 0 Å². The molecule has 4 aromatic rings. The van der Waals surface area contributed by atoms with E-state index in [4.69, 9.17) is 4.52 Å². The summed E-state index contributed by atoms with van der Waals surface area (Å²) in [4.78, 5) is 8.70. The van der Waals surface area contributed by atoms with Crippen molar-refractivity contribution in [1.82, 2.24) is 24.9 Å². The van der Waals surface area contributed by atoms with Crippen LogP contribution in [-0.4, -0.2) is 24.9 Å². The predicted octanol–water partition coefficient (Wildman–Crippen LogP) is 3.38. The van der Waals surface area contributed by atoms with Crippen LogP contribution < -0.4 is 5.32 Å². The van der Waals surface area contributed by atoms with E-state index in [1.54, 1.807) is 35.3 Å². The fraction of sp³-hybridized carbons (Fsp3) is 0.111. The van der Waals surface area contributed by atoms with Crippen molar-refractivity contribution in [2.24, 2.45) is 0 Å². The summed E-state index contributed by atoms with van der Waals surface area (Å²) in [7, 11) is 0. The van der Waals surface area contributed by atoms with Crippen LogP contribution in [0.4, 0.5) is 10.3 Å². The van der Waals surface area contributed by atoms with Gasteiger partial charge in [0.05, 0.1) is 24.1 Å². The minimum atomic E-state index is -0.282. The third-order valence-corrected chi connectivity index (χ3v) is 3.73. The van der Waals surface area contributed by atoms with Crippen molar-refractivity contribution in [3.8, 4) is 16.9 Å². The molecule has 8 heteroatoms. The van der Waals surface area contributed by atoms with Crippen LogP contribution in [0, 0.1) is 12.7 Å². The summed E-state index contributed by atoms with van der Waals surface area (Å²) in [6, 6.07) is 9.78. The molecule has 0 saturated heterocycles. The summed E-state index contributed by atoms with van der Waals surface area (Å²) in [6.45, 7) is 2.31. The molecule has 0 radical (unpaired) electrons. The molecule has 0 aliphatic rings. The van der Waals surface area contributed by atoms with E-state index in [1.165, 1.54) is 12.1 Å². The van der Waals surface area contributed by atoms with Gasteiger partial charge in [0, 0.05) is 24.0 Å². The minimum Gasteiger partial charge on any atom is -0.361 e. The average molecular weight is 350 g/mol. The van der Waals surface area contributed by atoms with Crippen molar-refractivity contribution in [1.29, 1.82) is 0 Å². The first-order valence-corrected chi connectivity index (χ1v) is 7.97. The Bertz CT molecular complexity index is 1020. The maximum atomic E-state index is 13.0. The predicted molar refractivity (Wildman–Crippen MR) is 93.1 cm³/mol. The van der Waals surface area contributed by atoms with Gasteiger partial charge in [-0.05, 0) is 37.3 Å². The Morgan fingerprint density at radius 3 is 2.81 bits per heavy atom. The summed E-state index contributed by atoms with van der Waals surface area (Å²) >= 11 is 0. The van der Waals surface area contributed by atoms with E-state index in [2.05, 4.69) is 25.5 Å². The highest BCUT2D eigenvalue weighted by Gasteiger charge is 2.07. The summed E-state index contributed by atoms with van der Waals surface area (Å²) in [5, 5.41) is 11.3. The van der Waals surface area contributed by atoms with Gasteiger partial charge in [-0.1, -0.05) is 5.16 Å². The minimum absolute atomic E-state index is 0.282. The molecule has 3 aromatic heterocycles. The molecule has 26 heavy (non-hydrogen) atoms.